The Labute approximate surface area is 199 Å². The van der Waals surface area contributed by atoms with Gasteiger partial charge in [-0.25, -0.2) is 4.79 Å². The molecule has 2 aliphatic rings. The summed E-state index contributed by atoms with van der Waals surface area (Å²) in [6.07, 6.45) is 2.11. The van der Waals surface area contributed by atoms with Gasteiger partial charge in [0.1, 0.15) is 12.6 Å². The van der Waals surface area contributed by atoms with E-state index in [9.17, 15) is 19.5 Å². The first-order valence-corrected chi connectivity index (χ1v) is 12.0. The number of fused-ring (bicyclic) bond motifs is 3. The zero-order chi connectivity index (χ0) is 24.2. The molecule has 4 rings (SSSR count). The first kappa shape index (κ1) is 23.8. The van der Waals surface area contributed by atoms with E-state index in [-0.39, 0.29) is 30.9 Å². The predicted octanol–water partition coefficient (Wildman–Crippen LogP) is 4.17. The second-order valence-electron chi connectivity index (χ2n) is 9.57. The van der Waals surface area contributed by atoms with E-state index in [4.69, 9.17) is 4.74 Å². The maximum atomic E-state index is 12.8. The lowest BCUT2D eigenvalue weighted by Crippen LogP contribution is -2.51. The lowest BCUT2D eigenvalue weighted by atomic mass is 9.76. The number of rotatable bonds is 9. The zero-order valence-corrected chi connectivity index (χ0v) is 19.6. The Hall–Kier alpha value is -3.35. The highest BCUT2D eigenvalue weighted by Crippen LogP contribution is 2.44. The second kappa shape index (κ2) is 10.3. The number of alkyl carbamates (subject to hydrolysis) is 1. The van der Waals surface area contributed by atoms with Gasteiger partial charge in [-0.1, -0.05) is 68.8 Å². The summed E-state index contributed by atoms with van der Waals surface area (Å²) in [4.78, 5) is 37.0. The summed E-state index contributed by atoms with van der Waals surface area (Å²) in [5.74, 6) is -2.04. The van der Waals surface area contributed by atoms with E-state index in [2.05, 4.69) is 22.8 Å². The van der Waals surface area contributed by atoms with E-state index in [0.717, 1.165) is 41.5 Å². The van der Waals surface area contributed by atoms with Gasteiger partial charge in [-0.3, -0.25) is 9.59 Å². The molecule has 2 amide bonds. The van der Waals surface area contributed by atoms with Gasteiger partial charge >= 0.3 is 12.1 Å². The molecular formula is C27H32N2O5. The Morgan fingerprint density at radius 2 is 1.59 bits per heavy atom. The smallest absolute Gasteiger partial charge is 0.407 e. The summed E-state index contributed by atoms with van der Waals surface area (Å²) < 4.78 is 5.57. The number of aliphatic carboxylic acids is 1. The molecule has 1 fully saturated rings. The standard InChI is InChI=1S/C27H32N2O5/c1-16(2)24(25(30)28-14-22(26(31)32)17-8-7-9-17)29-27(33)34-15-23-20-12-5-3-10-18(20)19-11-4-6-13-21(19)23/h3-6,10-13,16-17,22-24H,7-9,14-15H2,1-2H3,(H,28,30)(H,29,33)(H,31,32)/t22?,24-/m0/s1. The van der Waals surface area contributed by atoms with E-state index in [1.165, 1.54) is 0 Å². The summed E-state index contributed by atoms with van der Waals surface area (Å²) in [6, 6.07) is 15.4. The third-order valence-corrected chi connectivity index (χ3v) is 7.10. The Morgan fingerprint density at radius 1 is 1.00 bits per heavy atom. The minimum atomic E-state index is -0.893. The zero-order valence-electron chi connectivity index (χ0n) is 19.6. The molecule has 180 valence electrons. The Kier molecular flexibility index (Phi) is 7.20. The topological polar surface area (TPSA) is 105 Å². The molecule has 2 aliphatic carbocycles. The summed E-state index contributed by atoms with van der Waals surface area (Å²) in [7, 11) is 0. The van der Waals surface area contributed by atoms with Gasteiger partial charge in [0.05, 0.1) is 5.92 Å². The van der Waals surface area contributed by atoms with E-state index < -0.39 is 29.9 Å². The van der Waals surface area contributed by atoms with Gasteiger partial charge in [0.15, 0.2) is 0 Å². The maximum absolute atomic E-state index is 12.8. The number of hydrogen-bond donors (Lipinski definition) is 3. The van der Waals surface area contributed by atoms with Crippen LogP contribution >= 0.6 is 0 Å². The van der Waals surface area contributed by atoms with E-state index in [0.29, 0.717) is 0 Å². The third-order valence-electron chi connectivity index (χ3n) is 7.10. The third kappa shape index (κ3) is 4.93. The SMILES string of the molecule is CC(C)[C@H](NC(=O)OCC1c2ccccc2-c2ccccc21)C(=O)NCC(C(=O)O)C1CCC1. The largest absolute Gasteiger partial charge is 0.481 e. The monoisotopic (exact) mass is 464 g/mol. The Morgan fingerprint density at radius 3 is 2.09 bits per heavy atom. The van der Waals surface area contributed by atoms with Crippen LogP contribution in [-0.4, -0.2) is 42.3 Å². The molecule has 2 aromatic rings. The van der Waals surface area contributed by atoms with E-state index in [1.54, 1.807) is 0 Å². The van der Waals surface area contributed by atoms with Crippen molar-refractivity contribution in [2.45, 2.75) is 45.1 Å². The quantitative estimate of drug-likeness (QED) is 0.517. The predicted molar refractivity (Wildman–Crippen MR) is 128 cm³/mol. The fraction of sp³-hybridized carbons (Fsp3) is 0.444. The van der Waals surface area contributed by atoms with Gasteiger partial charge in [-0.05, 0) is 46.9 Å². The number of carbonyl (C=O) groups is 3. The number of ether oxygens (including phenoxy) is 1. The van der Waals surface area contributed by atoms with Crippen molar-refractivity contribution >= 4 is 18.0 Å². The first-order valence-electron chi connectivity index (χ1n) is 12.0. The fourth-order valence-electron chi connectivity index (χ4n) is 4.92. The van der Waals surface area contributed by atoms with E-state index in [1.807, 2.05) is 50.2 Å². The van der Waals surface area contributed by atoms with Gasteiger partial charge in [-0.15, -0.1) is 0 Å². The van der Waals surface area contributed by atoms with Crippen LogP contribution in [0.15, 0.2) is 48.5 Å². The molecule has 1 saturated carbocycles. The summed E-state index contributed by atoms with van der Waals surface area (Å²) in [5, 5.41) is 14.9. The van der Waals surface area contributed by atoms with Crippen molar-refractivity contribution < 1.29 is 24.2 Å². The number of benzene rings is 2. The molecule has 34 heavy (non-hydrogen) atoms. The molecule has 0 radical (unpaired) electrons. The number of carboxylic acid groups (broad SMARTS) is 1. The van der Waals surface area contributed by atoms with Gasteiger partial charge in [0.2, 0.25) is 5.91 Å². The molecular weight excluding hydrogens is 432 g/mol. The molecule has 0 spiro atoms. The van der Waals surface area contributed by atoms with Crippen molar-refractivity contribution in [2.75, 3.05) is 13.2 Å². The normalized spacial score (nSPS) is 16.7. The van der Waals surface area contributed by atoms with Crippen molar-refractivity contribution in [3.8, 4) is 11.1 Å². The fourth-order valence-corrected chi connectivity index (χ4v) is 4.92. The Bertz CT molecular complexity index is 1020. The molecule has 0 aromatic heterocycles. The molecule has 3 N–H and O–H groups in total. The van der Waals surface area contributed by atoms with Crippen molar-refractivity contribution in [3.63, 3.8) is 0 Å². The van der Waals surface area contributed by atoms with Crippen LogP contribution in [0.1, 0.15) is 50.2 Å². The van der Waals surface area contributed by atoms with Gasteiger partial charge in [0, 0.05) is 12.5 Å². The highest BCUT2D eigenvalue weighted by Gasteiger charge is 2.34. The van der Waals surface area contributed by atoms with Gasteiger partial charge < -0.3 is 20.5 Å². The highest BCUT2D eigenvalue weighted by molar-refractivity contribution is 5.86. The van der Waals surface area contributed by atoms with Gasteiger partial charge in [0.25, 0.3) is 0 Å². The van der Waals surface area contributed by atoms with Crippen molar-refractivity contribution in [1.29, 1.82) is 0 Å². The first-order chi connectivity index (χ1) is 16.4. The Balaban J connectivity index is 1.35. The molecule has 0 bridgehead atoms. The van der Waals surface area contributed by atoms with Crippen LogP contribution in [-0.2, 0) is 14.3 Å². The summed E-state index contributed by atoms with van der Waals surface area (Å²) in [6.45, 7) is 3.88. The molecule has 2 aromatic carbocycles. The number of amides is 2. The van der Waals surface area contributed by atoms with Crippen molar-refractivity contribution in [3.05, 3.63) is 59.7 Å². The molecule has 7 heteroatoms. The van der Waals surface area contributed by atoms with Crippen LogP contribution in [0.5, 0.6) is 0 Å². The molecule has 1 unspecified atom stereocenters. The van der Waals surface area contributed by atoms with Crippen LogP contribution in [0.25, 0.3) is 11.1 Å². The number of carboxylic acids is 1. The molecule has 0 aliphatic heterocycles. The minimum absolute atomic E-state index is 0.0639. The maximum Gasteiger partial charge on any atom is 0.407 e. The number of nitrogens with one attached hydrogen (secondary N) is 2. The lowest BCUT2D eigenvalue weighted by molar-refractivity contribution is -0.145. The second-order valence-corrected chi connectivity index (χ2v) is 9.57. The van der Waals surface area contributed by atoms with Crippen LogP contribution in [0, 0.1) is 17.8 Å². The molecule has 2 atom stereocenters. The number of carbonyl (C=O) groups excluding carboxylic acids is 2. The average molecular weight is 465 g/mol. The van der Waals surface area contributed by atoms with Crippen LogP contribution in [0.4, 0.5) is 4.79 Å². The average Bonchev–Trinajstić information content (AvgIpc) is 3.10. The van der Waals surface area contributed by atoms with Gasteiger partial charge in [-0.2, -0.15) is 0 Å². The van der Waals surface area contributed by atoms with Crippen molar-refractivity contribution in [1.82, 2.24) is 10.6 Å². The van der Waals surface area contributed by atoms with Crippen LogP contribution in [0.3, 0.4) is 0 Å². The van der Waals surface area contributed by atoms with E-state index >= 15 is 0 Å². The lowest BCUT2D eigenvalue weighted by Gasteiger charge is -2.31. The summed E-state index contributed by atoms with van der Waals surface area (Å²) >= 11 is 0. The van der Waals surface area contributed by atoms with Crippen molar-refractivity contribution in [2.24, 2.45) is 17.8 Å². The highest BCUT2D eigenvalue weighted by atomic mass is 16.5. The summed E-state index contributed by atoms with van der Waals surface area (Å²) in [5.41, 5.74) is 4.52. The molecule has 0 heterocycles. The van der Waals surface area contributed by atoms with Crippen LogP contribution in [0.2, 0.25) is 0 Å². The molecule has 7 nitrogen and oxygen atoms in total. The minimum Gasteiger partial charge on any atom is -0.481 e. The molecule has 0 saturated heterocycles. The van der Waals surface area contributed by atoms with Crippen LogP contribution < -0.4 is 10.6 Å². The number of hydrogen-bond acceptors (Lipinski definition) is 4.